The van der Waals surface area contributed by atoms with E-state index in [1.165, 1.54) is 12.1 Å². The Morgan fingerprint density at radius 1 is 1.06 bits per heavy atom. The smallest absolute Gasteiger partial charge is 0.149 e. The number of benzene rings is 2. The van der Waals surface area contributed by atoms with E-state index in [2.05, 4.69) is 0 Å². The summed E-state index contributed by atoms with van der Waals surface area (Å²) < 4.78 is 18.6. The number of halogens is 1. The topological polar surface area (TPSA) is 55.5 Å². The largest absolute Gasteiger partial charge is 0.489 e. The molecular formula is C14H14FNO2. The molecule has 0 amide bonds. The summed E-state index contributed by atoms with van der Waals surface area (Å²) in [5, 5.41) is 8.91. The maximum atomic E-state index is 13.2. The Labute approximate surface area is 105 Å². The number of hydrogen-bond donors (Lipinski definition) is 2. The zero-order valence-electron chi connectivity index (χ0n) is 9.77. The molecule has 4 heteroatoms. The van der Waals surface area contributed by atoms with Gasteiger partial charge in [-0.05, 0) is 23.3 Å². The third-order valence-electron chi connectivity index (χ3n) is 2.58. The van der Waals surface area contributed by atoms with Crippen LogP contribution in [0.5, 0.6) is 5.75 Å². The van der Waals surface area contributed by atoms with E-state index in [0.29, 0.717) is 12.4 Å². The van der Waals surface area contributed by atoms with Gasteiger partial charge in [0, 0.05) is 6.07 Å². The van der Waals surface area contributed by atoms with Gasteiger partial charge in [0.1, 0.15) is 18.2 Å². The summed E-state index contributed by atoms with van der Waals surface area (Å²) in [4.78, 5) is 0. The average Bonchev–Trinajstić information content (AvgIpc) is 2.41. The second kappa shape index (κ2) is 5.51. The van der Waals surface area contributed by atoms with Crippen LogP contribution in [0.1, 0.15) is 11.1 Å². The van der Waals surface area contributed by atoms with Crippen molar-refractivity contribution in [3.63, 3.8) is 0 Å². The molecule has 94 valence electrons. The van der Waals surface area contributed by atoms with Gasteiger partial charge in [0.05, 0.1) is 12.3 Å². The highest BCUT2D eigenvalue weighted by molar-refractivity contribution is 5.43. The molecule has 0 atom stereocenters. The SMILES string of the molecule is Nc1ccc(OCc2ccc(CO)cc2)cc1F. The Kier molecular flexibility index (Phi) is 3.79. The van der Waals surface area contributed by atoms with Crippen LogP contribution >= 0.6 is 0 Å². The van der Waals surface area contributed by atoms with Crippen molar-refractivity contribution >= 4 is 5.69 Å². The number of hydrogen-bond acceptors (Lipinski definition) is 3. The van der Waals surface area contributed by atoms with Crippen LogP contribution < -0.4 is 10.5 Å². The first-order valence-electron chi connectivity index (χ1n) is 5.55. The highest BCUT2D eigenvalue weighted by Gasteiger charge is 2.01. The van der Waals surface area contributed by atoms with Gasteiger partial charge in [-0.1, -0.05) is 24.3 Å². The third kappa shape index (κ3) is 2.99. The maximum absolute atomic E-state index is 13.2. The van der Waals surface area contributed by atoms with Gasteiger partial charge in [-0.15, -0.1) is 0 Å². The van der Waals surface area contributed by atoms with Gasteiger partial charge >= 0.3 is 0 Å². The van der Waals surface area contributed by atoms with Crippen LogP contribution in [0.25, 0.3) is 0 Å². The van der Waals surface area contributed by atoms with E-state index in [-0.39, 0.29) is 12.3 Å². The summed E-state index contributed by atoms with van der Waals surface area (Å²) in [7, 11) is 0. The Morgan fingerprint density at radius 2 is 1.72 bits per heavy atom. The van der Waals surface area contributed by atoms with Crippen LogP contribution in [0.3, 0.4) is 0 Å². The summed E-state index contributed by atoms with van der Waals surface area (Å²) >= 11 is 0. The lowest BCUT2D eigenvalue weighted by molar-refractivity contribution is 0.281. The fourth-order valence-electron chi connectivity index (χ4n) is 1.51. The fraction of sp³-hybridized carbons (Fsp3) is 0.143. The van der Waals surface area contributed by atoms with Gasteiger partial charge in [-0.25, -0.2) is 4.39 Å². The van der Waals surface area contributed by atoms with Gasteiger partial charge in [0.15, 0.2) is 0 Å². The van der Waals surface area contributed by atoms with E-state index in [4.69, 9.17) is 15.6 Å². The van der Waals surface area contributed by atoms with Crippen molar-refractivity contribution in [3.05, 3.63) is 59.4 Å². The van der Waals surface area contributed by atoms with Gasteiger partial charge < -0.3 is 15.6 Å². The minimum absolute atomic E-state index is 0.0182. The number of nitrogens with two attached hydrogens (primary N) is 1. The second-order valence-corrected chi connectivity index (χ2v) is 3.95. The van der Waals surface area contributed by atoms with Crippen LogP contribution in [0, 0.1) is 5.82 Å². The molecule has 2 aromatic rings. The molecule has 0 aliphatic rings. The average molecular weight is 247 g/mol. The first-order chi connectivity index (χ1) is 8.69. The van der Waals surface area contributed by atoms with Crippen molar-refractivity contribution in [3.8, 4) is 5.75 Å². The normalized spacial score (nSPS) is 10.3. The molecule has 0 aliphatic carbocycles. The third-order valence-corrected chi connectivity index (χ3v) is 2.58. The zero-order valence-corrected chi connectivity index (χ0v) is 9.77. The molecule has 0 aliphatic heterocycles. The van der Waals surface area contributed by atoms with E-state index in [0.717, 1.165) is 11.1 Å². The molecule has 0 saturated carbocycles. The van der Waals surface area contributed by atoms with Crippen LogP contribution in [0.15, 0.2) is 42.5 Å². The van der Waals surface area contributed by atoms with E-state index < -0.39 is 5.82 Å². The molecule has 0 bridgehead atoms. The summed E-state index contributed by atoms with van der Waals surface area (Å²) in [6, 6.07) is 11.7. The lowest BCUT2D eigenvalue weighted by atomic mass is 10.1. The lowest BCUT2D eigenvalue weighted by Crippen LogP contribution is -1.97. The summed E-state index contributed by atoms with van der Waals surface area (Å²) in [6.07, 6.45) is 0. The monoisotopic (exact) mass is 247 g/mol. The van der Waals surface area contributed by atoms with Gasteiger partial charge in [-0.2, -0.15) is 0 Å². The first kappa shape index (κ1) is 12.4. The molecule has 0 saturated heterocycles. The van der Waals surface area contributed by atoms with Crippen molar-refractivity contribution in [1.29, 1.82) is 0 Å². The van der Waals surface area contributed by atoms with Gasteiger partial charge in [0.25, 0.3) is 0 Å². The predicted octanol–water partition coefficient (Wildman–Crippen LogP) is 2.48. The Morgan fingerprint density at radius 3 is 2.33 bits per heavy atom. The van der Waals surface area contributed by atoms with E-state index in [1.54, 1.807) is 6.07 Å². The van der Waals surface area contributed by atoms with Crippen LogP contribution in [-0.4, -0.2) is 5.11 Å². The zero-order chi connectivity index (χ0) is 13.0. The van der Waals surface area contributed by atoms with E-state index in [1.807, 2.05) is 24.3 Å². The molecule has 0 unspecified atom stereocenters. The van der Waals surface area contributed by atoms with Crippen LogP contribution in [0.4, 0.5) is 10.1 Å². The lowest BCUT2D eigenvalue weighted by Gasteiger charge is -2.07. The van der Waals surface area contributed by atoms with E-state index in [9.17, 15) is 4.39 Å². The summed E-state index contributed by atoms with van der Waals surface area (Å²) in [6.45, 7) is 0.360. The number of aliphatic hydroxyl groups excluding tert-OH is 1. The van der Waals surface area contributed by atoms with Crippen molar-refractivity contribution < 1.29 is 14.2 Å². The number of rotatable bonds is 4. The molecule has 2 rings (SSSR count). The Balaban J connectivity index is 1.99. The fourth-order valence-corrected chi connectivity index (χ4v) is 1.51. The van der Waals surface area contributed by atoms with Crippen LogP contribution in [-0.2, 0) is 13.2 Å². The molecule has 3 nitrogen and oxygen atoms in total. The molecule has 18 heavy (non-hydrogen) atoms. The highest BCUT2D eigenvalue weighted by atomic mass is 19.1. The number of ether oxygens (including phenoxy) is 1. The van der Waals surface area contributed by atoms with Crippen molar-refractivity contribution in [2.24, 2.45) is 0 Å². The molecular weight excluding hydrogens is 233 g/mol. The predicted molar refractivity (Wildman–Crippen MR) is 67.5 cm³/mol. The first-order valence-corrected chi connectivity index (χ1v) is 5.55. The number of nitrogen functional groups attached to an aromatic ring is 1. The minimum atomic E-state index is -0.483. The molecule has 0 heterocycles. The highest BCUT2D eigenvalue weighted by Crippen LogP contribution is 2.19. The quantitative estimate of drug-likeness (QED) is 0.816. The molecule has 0 spiro atoms. The minimum Gasteiger partial charge on any atom is -0.489 e. The molecule has 3 N–H and O–H groups in total. The molecule has 2 aromatic carbocycles. The van der Waals surface area contributed by atoms with Crippen LogP contribution in [0.2, 0.25) is 0 Å². The summed E-state index contributed by atoms with van der Waals surface area (Å²) in [5.74, 6) is -0.0453. The maximum Gasteiger partial charge on any atom is 0.149 e. The summed E-state index contributed by atoms with van der Waals surface area (Å²) in [5.41, 5.74) is 7.27. The Hall–Kier alpha value is -2.07. The van der Waals surface area contributed by atoms with Crippen molar-refractivity contribution in [2.45, 2.75) is 13.2 Å². The molecule has 0 aromatic heterocycles. The van der Waals surface area contributed by atoms with Gasteiger partial charge in [-0.3, -0.25) is 0 Å². The van der Waals surface area contributed by atoms with Crippen molar-refractivity contribution in [2.75, 3.05) is 5.73 Å². The number of aliphatic hydroxyl groups is 1. The second-order valence-electron chi connectivity index (χ2n) is 3.95. The Bertz CT molecular complexity index is 526. The van der Waals surface area contributed by atoms with Gasteiger partial charge in [0.2, 0.25) is 0 Å². The molecule has 0 fully saturated rings. The number of anilines is 1. The standard InChI is InChI=1S/C14H14FNO2/c15-13-7-12(5-6-14(13)16)18-9-11-3-1-10(8-17)2-4-11/h1-7,17H,8-9,16H2. The molecule has 0 radical (unpaired) electrons. The van der Waals surface area contributed by atoms with E-state index >= 15 is 0 Å². The van der Waals surface area contributed by atoms with Crippen molar-refractivity contribution in [1.82, 2.24) is 0 Å².